The lowest BCUT2D eigenvalue weighted by molar-refractivity contribution is 0.737. The number of fused-ring (bicyclic) bond motifs is 1. The second-order valence-corrected chi connectivity index (χ2v) is 5.64. The van der Waals surface area contributed by atoms with Crippen LogP contribution in [0.2, 0.25) is 0 Å². The molecular weight excluding hydrogens is 256 g/mol. The molecule has 2 nitrogen and oxygen atoms in total. The van der Waals surface area contributed by atoms with E-state index in [4.69, 9.17) is 5.73 Å². The zero-order chi connectivity index (χ0) is 14.7. The molecule has 3 aromatic rings. The Balaban J connectivity index is 2.11. The van der Waals surface area contributed by atoms with Crippen molar-refractivity contribution in [3.8, 4) is 11.1 Å². The van der Waals surface area contributed by atoms with E-state index >= 15 is 0 Å². The van der Waals surface area contributed by atoms with Crippen LogP contribution in [0.4, 0.5) is 0 Å². The molecule has 3 rings (SSSR count). The van der Waals surface area contributed by atoms with Crippen molar-refractivity contribution in [2.45, 2.75) is 26.2 Å². The SMILES string of the molecule is Cc1cccc(-c2c(CCCCN)[nH]c3ccccc23)c1. The third kappa shape index (κ3) is 2.86. The molecule has 1 aromatic heterocycles. The normalized spacial score (nSPS) is 11.1. The fourth-order valence-electron chi connectivity index (χ4n) is 2.96. The standard InChI is InChI=1S/C19H22N2/c1-14-7-6-8-15(13-14)19-16-9-2-3-10-17(16)21-18(19)11-4-5-12-20/h2-3,6-10,13,21H,4-5,11-12,20H2,1H3. The third-order valence-corrected chi connectivity index (χ3v) is 3.97. The third-order valence-electron chi connectivity index (χ3n) is 3.97. The highest BCUT2D eigenvalue weighted by atomic mass is 14.7. The van der Waals surface area contributed by atoms with Crippen molar-refractivity contribution < 1.29 is 0 Å². The van der Waals surface area contributed by atoms with Gasteiger partial charge in [0.2, 0.25) is 0 Å². The minimum absolute atomic E-state index is 0.764. The van der Waals surface area contributed by atoms with Gasteiger partial charge in [-0.1, -0.05) is 48.0 Å². The highest BCUT2D eigenvalue weighted by molar-refractivity contribution is 5.97. The Bertz CT molecular complexity index is 740. The molecule has 0 bridgehead atoms. The molecule has 0 saturated heterocycles. The molecule has 0 fully saturated rings. The number of para-hydroxylation sites is 1. The van der Waals surface area contributed by atoms with Crippen molar-refractivity contribution >= 4 is 10.9 Å². The maximum atomic E-state index is 5.63. The van der Waals surface area contributed by atoms with E-state index in [-0.39, 0.29) is 0 Å². The summed E-state index contributed by atoms with van der Waals surface area (Å²) in [4.78, 5) is 3.60. The Kier molecular flexibility index (Phi) is 4.07. The topological polar surface area (TPSA) is 41.8 Å². The molecule has 0 aliphatic rings. The van der Waals surface area contributed by atoms with E-state index in [0.717, 1.165) is 25.8 Å². The Morgan fingerprint density at radius 3 is 2.67 bits per heavy atom. The van der Waals surface area contributed by atoms with Crippen molar-refractivity contribution in [2.24, 2.45) is 5.73 Å². The lowest BCUT2D eigenvalue weighted by Crippen LogP contribution is -1.99. The first-order chi connectivity index (χ1) is 10.3. The molecule has 1 heterocycles. The van der Waals surface area contributed by atoms with E-state index in [0.29, 0.717) is 0 Å². The van der Waals surface area contributed by atoms with Gasteiger partial charge in [-0.25, -0.2) is 0 Å². The van der Waals surface area contributed by atoms with Crippen LogP contribution in [0.5, 0.6) is 0 Å². The average Bonchev–Trinajstić information content (AvgIpc) is 2.86. The number of benzene rings is 2. The van der Waals surface area contributed by atoms with E-state index < -0.39 is 0 Å². The molecule has 0 radical (unpaired) electrons. The molecule has 21 heavy (non-hydrogen) atoms. The van der Waals surface area contributed by atoms with Crippen LogP contribution >= 0.6 is 0 Å². The van der Waals surface area contributed by atoms with Crippen LogP contribution in [0, 0.1) is 6.92 Å². The predicted molar refractivity (Wildman–Crippen MR) is 90.5 cm³/mol. The summed E-state index contributed by atoms with van der Waals surface area (Å²) in [6.07, 6.45) is 3.25. The van der Waals surface area contributed by atoms with Crippen molar-refractivity contribution in [1.29, 1.82) is 0 Å². The molecule has 0 unspecified atom stereocenters. The number of unbranched alkanes of at least 4 members (excludes halogenated alkanes) is 1. The number of rotatable bonds is 5. The van der Waals surface area contributed by atoms with Gasteiger partial charge in [0.15, 0.2) is 0 Å². The molecule has 108 valence electrons. The van der Waals surface area contributed by atoms with Gasteiger partial charge < -0.3 is 10.7 Å². The van der Waals surface area contributed by atoms with Crippen LogP contribution in [0.3, 0.4) is 0 Å². The first kappa shape index (κ1) is 13.9. The van der Waals surface area contributed by atoms with Crippen molar-refractivity contribution in [2.75, 3.05) is 6.54 Å². The summed E-state index contributed by atoms with van der Waals surface area (Å²) in [6.45, 7) is 2.91. The van der Waals surface area contributed by atoms with Gasteiger partial charge >= 0.3 is 0 Å². The lowest BCUT2D eigenvalue weighted by atomic mass is 9.98. The number of H-pyrrole nitrogens is 1. The number of aromatic nitrogens is 1. The fourth-order valence-corrected chi connectivity index (χ4v) is 2.96. The first-order valence-corrected chi connectivity index (χ1v) is 7.66. The first-order valence-electron chi connectivity index (χ1n) is 7.66. The van der Waals surface area contributed by atoms with Crippen LogP contribution in [0.1, 0.15) is 24.1 Å². The van der Waals surface area contributed by atoms with E-state index in [1.54, 1.807) is 0 Å². The van der Waals surface area contributed by atoms with Crippen molar-refractivity contribution in [3.63, 3.8) is 0 Å². The number of hydrogen-bond donors (Lipinski definition) is 2. The molecule has 3 N–H and O–H groups in total. The molecule has 2 heteroatoms. The van der Waals surface area contributed by atoms with Crippen LogP contribution in [0.25, 0.3) is 22.0 Å². The summed E-state index contributed by atoms with van der Waals surface area (Å²) in [7, 11) is 0. The second kappa shape index (κ2) is 6.15. The Hall–Kier alpha value is -2.06. The molecule has 0 amide bonds. The Morgan fingerprint density at radius 1 is 1.00 bits per heavy atom. The van der Waals surface area contributed by atoms with Gasteiger partial charge in [-0.05, 0) is 44.4 Å². The zero-order valence-corrected chi connectivity index (χ0v) is 12.5. The molecule has 2 aromatic carbocycles. The Morgan fingerprint density at radius 2 is 1.86 bits per heavy atom. The summed E-state index contributed by atoms with van der Waals surface area (Å²) in [6, 6.07) is 17.3. The number of hydrogen-bond acceptors (Lipinski definition) is 1. The minimum Gasteiger partial charge on any atom is -0.358 e. The van der Waals surface area contributed by atoms with Crippen LogP contribution in [0.15, 0.2) is 48.5 Å². The molecule has 0 atom stereocenters. The zero-order valence-electron chi connectivity index (χ0n) is 12.5. The van der Waals surface area contributed by atoms with Crippen molar-refractivity contribution in [1.82, 2.24) is 4.98 Å². The number of nitrogens with two attached hydrogens (primary N) is 1. The molecule has 0 saturated carbocycles. The monoisotopic (exact) mass is 278 g/mol. The van der Waals surface area contributed by atoms with E-state index in [1.165, 1.54) is 33.3 Å². The summed E-state index contributed by atoms with van der Waals surface area (Å²) in [5.41, 5.74) is 12.1. The molecule has 0 spiro atoms. The van der Waals surface area contributed by atoms with Crippen molar-refractivity contribution in [3.05, 3.63) is 59.8 Å². The van der Waals surface area contributed by atoms with E-state index in [2.05, 4.69) is 60.4 Å². The summed E-state index contributed by atoms with van der Waals surface area (Å²) < 4.78 is 0. The average molecular weight is 278 g/mol. The van der Waals surface area contributed by atoms with Crippen LogP contribution < -0.4 is 5.73 Å². The number of aromatic amines is 1. The van der Waals surface area contributed by atoms with Gasteiger partial charge in [0, 0.05) is 22.2 Å². The largest absolute Gasteiger partial charge is 0.358 e. The highest BCUT2D eigenvalue weighted by Gasteiger charge is 2.12. The lowest BCUT2D eigenvalue weighted by Gasteiger charge is -2.06. The fraction of sp³-hybridized carbons (Fsp3) is 0.263. The van der Waals surface area contributed by atoms with E-state index in [1.807, 2.05) is 0 Å². The summed E-state index contributed by atoms with van der Waals surface area (Å²) in [5.74, 6) is 0. The maximum Gasteiger partial charge on any atom is 0.0462 e. The summed E-state index contributed by atoms with van der Waals surface area (Å²) in [5, 5.41) is 1.31. The smallest absolute Gasteiger partial charge is 0.0462 e. The highest BCUT2D eigenvalue weighted by Crippen LogP contribution is 2.33. The minimum atomic E-state index is 0.764. The van der Waals surface area contributed by atoms with Crippen LogP contribution in [-0.2, 0) is 6.42 Å². The molecule has 0 aliphatic heterocycles. The quantitative estimate of drug-likeness (QED) is 0.666. The van der Waals surface area contributed by atoms with Gasteiger partial charge in [0.25, 0.3) is 0 Å². The second-order valence-electron chi connectivity index (χ2n) is 5.64. The number of nitrogens with one attached hydrogen (secondary N) is 1. The Labute approximate surface area is 126 Å². The molecule has 0 aliphatic carbocycles. The summed E-state index contributed by atoms with van der Waals surface area (Å²) >= 11 is 0. The van der Waals surface area contributed by atoms with Gasteiger partial charge in [-0.15, -0.1) is 0 Å². The molecular formula is C19H22N2. The van der Waals surface area contributed by atoms with Gasteiger partial charge in [0.05, 0.1) is 0 Å². The number of aryl methyl sites for hydroxylation is 2. The van der Waals surface area contributed by atoms with Gasteiger partial charge in [0.1, 0.15) is 0 Å². The van der Waals surface area contributed by atoms with E-state index in [9.17, 15) is 0 Å². The predicted octanol–water partition coefficient (Wildman–Crippen LogP) is 4.42. The maximum absolute atomic E-state index is 5.63. The van der Waals surface area contributed by atoms with Gasteiger partial charge in [-0.3, -0.25) is 0 Å². The van der Waals surface area contributed by atoms with Crippen LogP contribution in [-0.4, -0.2) is 11.5 Å². The van der Waals surface area contributed by atoms with Gasteiger partial charge in [-0.2, -0.15) is 0 Å².